The summed E-state index contributed by atoms with van der Waals surface area (Å²) in [5.74, 6) is -1.24. The molecule has 1 aromatic carbocycles. The molecule has 0 aliphatic rings. The van der Waals surface area contributed by atoms with E-state index in [1.807, 2.05) is 0 Å². The van der Waals surface area contributed by atoms with Crippen molar-refractivity contribution < 1.29 is 14.3 Å². The molecule has 19 heavy (non-hydrogen) atoms. The van der Waals surface area contributed by atoms with Gasteiger partial charge in [-0.1, -0.05) is 12.1 Å². The van der Waals surface area contributed by atoms with E-state index in [9.17, 15) is 9.59 Å². The third-order valence-electron chi connectivity index (χ3n) is 2.54. The van der Waals surface area contributed by atoms with Crippen molar-refractivity contribution in [3.8, 4) is 5.69 Å². The third kappa shape index (κ3) is 2.25. The number of anilines is 1. The molecule has 1 amide bonds. The van der Waals surface area contributed by atoms with E-state index in [1.54, 1.807) is 24.3 Å². The number of aromatic nitrogens is 2. The van der Waals surface area contributed by atoms with Gasteiger partial charge in [0.25, 0.3) is 5.91 Å². The van der Waals surface area contributed by atoms with Crippen molar-refractivity contribution in [3.05, 3.63) is 41.7 Å². The van der Waals surface area contributed by atoms with Crippen molar-refractivity contribution in [2.24, 2.45) is 5.73 Å². The van der Waals surface area contributed by atoms with Gasteiger partial charge in [-0.2, -0.15) is 5.10 Å². The van der Waals surface area contributed by atoms with Gasteiger partial charge in [-0.05, 0) is 12.1 Å². The standard InChI is InChI=1S/C12H12N4O3/c1-19-12(18)10-8(13)6-16(15-10)9-5-3-2-4-7(9)11(14)17/h2-6H,13H2,1H3,(H2,14,17). The monoisotopic (exact) mass is 260 g/mol. The summed E-state index contributed by atoms with van der Waals surface area (Å²) >= 11 is 0. The molecular weight excluding hydrogens is 248 g/mol. The van der Waals surface area contributed by atoms with Crippen LogP contribution in [-0.4, -0.2) is 28.8 Å². The zero-order valence-corrected chi connectivity index (χ0v) is 10.2. The molecule has 7 heteroatoms. The maximum absolute atomic E-state index is 11.4. The first kappa shape index (κ1) is 12.6. The summed E-state index contributed by atoms with van der Waals surface area (Å²) in [5.41, 5.74) is 11.8. The molecule has 0 radical (unpaired) electrons. The maximum atomic E-state index is 11.4. The quantitative estimate of drug-likeness (QED) is 0.772. The Labute approximate surface area is 108 Å². The molecule has 2 aromatic rings. The van der Waals surface area contributed by atoms with Gasteiger partial charge in [-0.3, -0.25) is 4.79 Å². The Morgan fingerprint density at radius 1 is 1.32 bits per heavy atom. The van der Waals surface area contributed by atoms with E-state index in [-0.39, 0.29) is 16.9 Å². The first-order valence-corrected chi connectivity index (χ1v) is 5.37. The number of primary amides is 1. The summed E-state index contributed by atoms with van der Waals surface area (Å²) in [6.45, 7) is 0. The summed E-state index contributed by atoms with van der Waals surface area (Å²) in [6, 6.07) is 6.61. The summed E-state index contributed by atoms with van der Waals surface area (Å²) in [7, 11) is 1.23. The van der Waals surface area contributed by atoms with Gasteiger partial charge in [-0.15, -0.1) is 0 Å². The van der Waals surface area contributed by atoms with E-state index < -0.39 is 11.9 Å². The van der Waals surface area contributed by atoms with Gasteiger partial charge in [0.2, 0.25) is 0 Å². The van der Waals surface area contributed by atoms with Gasteiger partial charge >= 0.3 is 5.97 Å². The first-order chi connectivity index (χ1) is 9.04. The number of nitrogen functional groups attached to an aromatic ring is 1. The van der Waals surface area contributed by atoms with E-state index in [0.29, 0.717) is 5.69 Å². The minimum atomic E-state index is -0.646. The van der Waals surface area contributed by atoms with Crippen molar-refractivity contribution in [1.82, 2.24) is 9.78 Å². The lowest BCUT2D eigenvalue weighted by Crippen LogP contribution is -2.15. The fourth-order valence-corrected chi connectivity index (χ4v) is 1.65. The zero-order valence-electron chi connectivity index (χ0n) is 10.2. The van der Waals surface area contributed by atoms with Crippen LogP contribution >= 0.6 is 0 Å². The molecule has 1 heterocycles. The summed E-state index contributed by atoms with van der Waals surface area (Å²) < 4.78 is 5.88. The van der Waals surface area contributed by atoms with Crippen LogP contribution in [0, 0.1) is 0 Å². The molecular formula is C12H12N4O3. The van der Waals surface area contributed by atoms with E-state index in [0.717, 1.165) is 0 Å². The van der Waals surface area contributed by atoms with Crippen LogP contribution in [0.5, 0.6) is 0 Å². The number of carbonyl (C=O) groups excluding carboxylic acids is 2. The van der Waals surface area contributed by atoms with Crippen molar-refractivity contribution in [2.75, 3.05) is 12.8 Å². The number of benzene rings is 1. The van der Waals surface area contributed by atoms with Crippen LogP contribution in [-0.2, 0) is 4.74 Å². The SMILES string of the molecule is COC(=O)c1nn(-c2ccccc2C(N)=O)cc1N. The molecule has 0 bridgehead atoms. The van der Waals surface area contributed by atoms with Crippen molar-refractivity contribution in [2.45, 2.75) is 0 Å². The Hall–Kier alpha value is -2.83. The molecule has 0 fully saturated rings. The normalized spacial score (nSPS) is 10.2. The van der Waals surface area contributed by atoms with Crippen LogP contribution in [0.1, 0.15) is 20.8 Å². The molecule has 0 aliphatic heterocycles. The Balaban J connectivity index is 2.55. The van der Waals surface area contributed by atoms with E-state index in [2.05, 4.69) is 9.84 Å². The second-order valence-corrected chi connectivity index (χ2v) is 3.75. The number of hydrogen-bond acceptors (Lipinski definition) is 5. The molecule has 0 saturated heterocycles. The van der Waals surface area contributed by atoms with Crippen molar-refractivity contribution in [1.29, 1.82) is 0 Å². The molecule has 0 spiro atoms. The molecule has 4 N–H and O–H groups in total. The molecule has 0 atom stereocenters. The summed E-state index contributed by atoms with van der Waals surface area (Å²) in [5, 5.41) is 4.00. The number of nitrogens with two attached hydrogens (primary N) is 2. The minimum Gasteiger partial charge on any atom is -0.464 e. The number of para-hydroxylation sites is 1. The van der Waals surface area contributed by atoms with Gasteiger partial charge in [-0.25, -0.2) is 9.48 Å². The molecule has 98 valence electrons. The minimum absolute atomic E-state index is 0.0122. The average Bonchev–Trinajstić information content (AvgIpc) is 2.79. The number of nitrogens with zero attached hydrogens (tertiary/aromatic N) is 2. The van der Waals surface area contributed by atoms with Gasteiger partial charge in [0.15, 0.2) is 5.69 Å². The fourth-order valence-electron chi connectivity index (χ4n) is 1.65. The lowest BCUT2D eigenvalue weighted by molar-refractivity contribution is 0.0594. The second-order valence-electron chi connectivity index (χ2n) is 3.75. The second kappa shape index (κ2) is 4.81. The summed E-state index contributed by atoms with van der Waals surface area (Å²) in [4.78, 5) is 22.8. The number of amides is 1. The van der Waals surface area contributed by atoms with Crippen LogP contribution in [0.25, 0.3) is 5.69 Å². The molecule has 0 unspecified atom stereocenters. The summed E-state index contributed by atoms with van der Waals surface area (Å²) in [6.07, 6.45) is 1.42. The van der Waals surface area contributed by atoms with Crippen LogP contribution < -0.4 is 11.5 Å². The van der Waals surface area contributed by atoms with Crippen LogP contribution in [0.4, 0.5) is 5.69 Å². The number of ether oxygens (including phenoxy) is 1. The zero-order chi connectivity index (χ0) is 14.0. The van der Waals surface area contributed by atoms with Gasteiger partial charge < -0.3 is 16.2 Å². The first-order valence-electron chi connectivity index (χ1n) is 5.37. The lowest BCUT2D eigenvalue weighted by Gasteiger charge is -2.05. The largest absolute Gasteiger partial charge is 0.464 e. The van der Waals surface area contributed by atoms with E-state index in [1.165, 1.54) is 18.0 Å². The van der Waals surface area contributed by atoms with Crippen LogP contribution in [0.15, 0.2) is 30.5 Å². The Morgan fingerprint density at radius 3 is 2.63 bits per heavy atom. The Bertz CT molecular complexity index is 648. The molecule has 7 nitrogen and oxygen atoms in total. The third-order valence-corrected chi connectivity index (χ3v) is 2.54. The number of esters is 1. The smallest absolute Gasteiger partial charge is 0.360 e. The average molecular weight is 260 g/mol. The van der Waals surface area contributed by atoms with E-state index >= 15 is 0 Å². The molecule has 0 aliphatic carbocycles. The number of carbonyl (C=O) groups is 2. The van der Waals surface area contributed by atoms with Gasteiger partial charge in [0.05, 0.1) is 30.2 Å². The highest BCUT2D eigenvalue weighted by molar-refractivity contribution is 5.97. The highest BCUT2D eigenvalue weighted by Gasteiger charge is 2.17. The Morgan fingerprint density at radius 2 is 2.00 bits per heavy atom. The van der Waals surface area contributed by atoms with Crippen LogP contribution in [0.3, 0.4) is 0 Å². The van der Waals surface area contributed by atoms with Gasteiger partial charge in [0.1, 0.15) is 0 Å². The number of methoxy groups -OCH3 is 1. The molecule has 2 rings (SSSR count). The Kier molecular flexibility index (Phi) is 3.19. The van der Waals surface area contributed by atoms with Crippen molar-refractivity contribution >= 4 is 17.6 Å². The topological polar surface area (TPSA) is 113 Å². The molecule has 1 aromatic heterocycles. The van der Waals surface area contributed by atoms with Crippen molar-refractivity contribution in [3.63, 3.8) is 0 Å². The van der Waals surface area contributed by atoms with Crippen LogP contribution in [0.2, 0.25) is 0 Å². The fraction of sp³-hybridized carbons (Fsp3) is 0.0833. The number of hydrogen-bond donors (Lipinski definition) is 2. The van der Waals surface area contributed by atoms with E-state index in [4.69, 9.17) is 11.5 Å². The molecule has 0 saturated carbocycles. The maximum Gasteiger partial charge on any atom is 0.360 e. The lowest BCUT2D eigenvalue weighted by atomic mass is 10.1. The highest BCUT2D eigenvalue weighted by atomic mass is 16.5. The highest BCUT2D eigenvalue weighted by Crippen LogP contribution is 2.18. The number of rotatable bonds is 3. The van der Waals surface area contributed by atoms with Gasteiger partial charge in [0, 0.05) is 0 Å². The predicted molar refractivity (Wildman–Crippen MR) is 67.8 cm³/mol. The predicted octanol–water partition coefficient (Wildman–Crippen LogP) is 0.340.